The zero-order chi connectivity index (χ0) is 8.43. The summed E-state index contributed by atoms with van der Waals surface area (Å²) < 4.78 is 12.8. The van der Waals surface area contributed by atoms with Crippen LogP contribution in [0.4, 0.5) is 10.2 Å². The molecule has 0 fully saturated rings. The quantitative estimate of drug-likeness (QED) is 0.558. The number of anilines is 1. The molecule has 0 radical (unpaired) electrons. The maximum atomic E-state index is 12.8. The van der Waals surface area contributed by atoms with Crippen molar-refractivity contribution in [3.8, 4) is 0 Å². The summed E-state index contributed by atoms with van der Waals surface area (Å²) >= 11 is 0. The van der Waals surface area contributed by atoms with E-state index in [1.807, 2.05) is 0 Å². The number of halogens is 1. The summed E-state index contributed by atoms with van der Waals surface area (Å²) in [5, 5.41) is 10.00. The summed E-state index contributed by atoms with van der Waals surface area (Å²) in [7, 11) is 1.68. The number of aromatic nitrogens is 1. The molecule has 60 valence electrons. The normalized spacial score (nSPS) is 9.73. The van der Waals surface area contributed by atoms with Gasteiger partial charge in [0.15, 0.2) is 5.82 Å². The Bertz CT molecular complexity index is 277. The van der Waals surface area contributed by atoms with Crippen molar-refractivity contribution in [3.63, 3.8) is 0 Å². The van der Waals surface area contributed by atoms with Gasteiger partial charge in [-0.1, -0.05) is 0 Å². The lowest BCUT2D eigenvalue weighted by Crippen LogP contribution is -1.99. The van der Waals surface area contributed by atoms with Crippen LogP contribution in [0, 0.1) is 11.2 Å². The van der Waals surface area contributed by atoms with Crippen molar-refractivity contribution in [2.24, 2.45) is 0 Å². The van der Waals surface area contributed by atoms with Crippen molar-refractivity contribution in [3.05, 3.63) is 17.6 Å². The highest BCUT2D eigenvalue weighted by Crippen LogP contribution is 2.16. The number of nitrogens with one attached hydrogen (secondary N) is 3. The Morgan fingerprint density at radius 2 is 2.36 bits per heavy atom. The van der Waals surface area contributed by atoms with E-state index in [-0.39, 0.29) is 11.5 Å². The lowest BCUT2D eigenvalue weighted by Gasteiger charge is -1.99. The minimum Gasteiger partial charge on any atom is -0.374 e. The van der Waals surface area contributed by atoms with Crippen molar-refractivity contribution in [2.75, 3.05) is 12.4 Å². The lowest BCUT2D eigenvalue weighted by atomic mass is 10.2. The molecule has 3 nitrogen and oxygen atoms in total. The predicted molar refractivity (Wildman–Crippen MR) is 42.8 cm³/mol. The van der Waals surface area contributed by atoms with Crippen LogP contribution in [-0.2, 0) is 0 Å². The Morgan fingerprint density at radius 1 is 1.73 bits per heavy atom. The van der Waals surface area contributed by atoms with Crippen LogP contribution in [0.3, 0.4) is 0 Å². The number of H-pyrrole nitrogens is 1. The van der Waals surface area contributed by atoms with Gasteiger partial charge in [-0.15, -0.1) is 0 Å². The van der Waals surface area contributed by atoms with Crippen LogP contribution in [0.15, 0.2) is 6.20 Å². The van der Waals surface area contributed by atoms with Crippen LogP contribution in [0.25, 0.3) is 0 Å². The maximum absolute atomic E-state index is 12.8. The summed E-state index contributed by atoms with van der Waals surface area (Å²) in [5.41, 5.74) is 0.528. The van der Waals surface area contributed by atoms with E-state index in [4.69, 9.17) is 5.41 Å². The van der Waals surface area contributed by atoms with E-state index in [1.165, 1.54) is 6.20 Å². The van der Waals surface area contributed by atoms with Crippen LogP contribution in [0.2, 0.25) is 0 Å². The molecule has 4 heteroatoms. The first-order valence-corrected chi connectivity index (χ1v) is 3.27. The Kier molecular flexibility index (Phi) is 1.94. The molecule has 0 amide bonds. The third-order valence-electron chi connectivity index (χ3n) is 1.46. The lowest BCUT2D eigenvalue weighted by molar-refractivity contribution is 0.627. The Morgan fingerprint density at radius 3 is 2.73 bits per heavy atom. The molecule has 0 spiro atoms. The fourth-order valence-electron chi connectivity index (χ4n) is 0.963. The summed E-state index contributed by atoms with van der Waals surface area (Å²) in [6.45, 7) is 1.55. The number of hydrogen-bond donors (Lipinski definition) is 3. The van der Waals surface area contributed by atoms with Gasteiger partial charge in [0.2, 0.25) is 0 Å². The Balaban J connectivity index is 3.17. The van der Waals surface area contributed by atoms with E-state index in [2.05, 4.69) is 10.3 Å². The van der Waals surface area contributed by atoms with Gasteiger partial charge in [-0.05, 0) is 6.92 Å². The van der Waals surface area contributed by atoms with E-state index < -0.39 is 0 Å². The van der Waals surface area contributed by atoms with Crippen molar-refractivity contribution in [1.82, 2.24) is 4.98 Å². The molecule has 0 unspecified atom stereocenters. The first-order valence-electron chi connectivity index (χ1n) is 3.27. The van der Waals surface area contributed by atoms with Crippen LogP contribution in [0.1, 0.15) is 12.5 Å². The monoisotopic (exact) mass is 155 g/mol. The van der Waals surface area contributed by atoms with E-state index in [1.54, 1.807) is 14.0 Å². The third kappa shape index (κ3) is 1.24. The highest BCUT2D eigenvalue weighted by atomic mass is 19.1. The minimum absolute atomic E-state index is 0.216. The minimum atomic E-state index is -0.387. The van der Waals surface area contributed by atoms with Gasteiger partial charge in [-0.25, -0.2) is 4.39 Å². The molecule has 3 N–H and O–H groups in total. The molecule has 0 aliphatic heterocycles. The van der Waals surface area contributed by atoms with Crippen LogP contribution >= 0.6 is 0 Å². The molecule has 1 heterocycles. The molecule has 0 aliphatic carbocycles. The van der Waals surface area contributed by atoms with Gasteiger partial charge < -0.3 is 15.7 Å². The SMILES string of the molecule is CNc1[nH]cc(F)c1C(C)=N. The van der Waals surface area contributed by atoms with E-state index >= 15 is 0 Å². The Hall–Kier alpha value is -1.32. The maximum Gasteiger partial charge on any atom is 0.151 e. The van der Waals surface area contributed by atoms with Gasteiger partial charge in [-0.3, -0.25) is 0 Å². The van der Waals surface area contributed by atoms with E-state index in [0.29, 0.717) is 11.4 Å². The van der Waals surface area contributed by atoms with Gasteiger partial charge in [0, 0.05) is 19.0 Å². The smallest absolute Gasteiger partial charge is 0.151 e. The third-order valence-corrected chi connectivity index (χ3v) is 1.46. The molecular weight excluding hydrogens is 145 g/mol. The molecule has 11 heavy (non-hydrogen) atoms. The molecular formula is C7H10FN3. The summed E-state index contributed by atoms with van der Waals surface area (Å²) in [6, 6.07) is 0. The van der Waals surface area contributed by atoms with Crippen molar-refractivity contribution >= 4 is 11.5 Å². The number of aromatic amines is 1. The van der Waals surface area contributed by atoms with Crippen molar-refractivity contribution in [2.45, 2.75) is 6.92 Å². The average molecular weight is 155 g/mol. The highest BCUT2D eigenvalue weighted by Gasteiger charge is 2.10. The molecule has 0 atom stereocenters. The van der Waals surface area contributed by atoms with Gasteiger partial charge >= 0.3 is 0 Å². The fourth-order valence-corrected chi connectivity index (χ4v) is 0.963. The molecule has 1 aromatic rings. The van der Waals surface area contributed by atoms with Gasteiger partial charge in [0.05, 0.1) is 5.56 Å². The molecule has 1 rings (SSSR count). The summed E-state index contributed by atoms with van der Waals surface area (Å²) in [4.78, 5) is 2.68. The van der Waals surface area contributed by atoms with E-state index in [9.17, 15) is 4.39 Å². The predicted octanol–water partition coefficient (Wildman–Crippen LogP) is 1.58. The zero-order valence-electron chi connectivity index (χ0n) is 6.46. The molecule has 1 aromatic heterocycles. The fraction of sp³-hybridized carbons (Fsp3) is 0.286. The summed E-state index contributed by atoms with van der Waals surface area (Å²) in [5.74, 6) is 0.164. The van der Waals surface area contributed by atoms with Crippen molar-refractivity contribution in [1.29, 1.82) is 5.41 Å². The van der Waals surface area contributed by atoms with E-state index in [0.717, 1.165) is 0 Å². The van der Waals surface area contributed by atoms with Crippen molar-refractivity contribution < 1.29 is 4.39 Å². The number of rotatable bonds is 2. The largest absolute Gasteiger partial charge is 0.374 e. The summed E-state index contributed by atoms with van der Waals surface area (Å²) in [6.07, 6.45) is 1.24. The molecule has 0 bridgehead atoms. The highest BCUT2D eigenvalue weighted by molar-refractivity contribution is 6.01. The molecule has 0 aromatic carbocycles. The van der Waals surface area contributed by atoms with Crippen LogP contribution in [0.5, 0.6) is 0 Å². The molecule has 0 aliphatic rings. The van der Waals surface area contributed by atoms with Crippen LogP contribution in [-0.4, -0.2) is 17.7 Å². The Labute approximate surface area is 64.1 Å². The van der Waals surface area contributed by atoms with Gasteiger partial charge in [0.25, 0.3) is 0 Å². The first-order chi connectivity index (χ1) is 5.16. The topological polar surface area (TPSA) is 51.7 Å². The zero-order valence-corrected chi connectivity index (χ0v) is 6.46. The van der Waals surface area contributed by atoms with Gasteiger partial charge in [0.1, 0.15) is 5.82 Å². The average Bonchev–Trinajstić information content (AvgIpc) is 2.30. The number of hydrogen-bond acceptors (Lipinski definition) is 2. The second-order valence-electron chi connectivity index (χ2n) is 2.26. The van der Waals surface area contributed by atoms with Crippen LogP contribution < -0.4 is 5.32 Å². The second kappa shape index (κ2) is 2.74. The standard InChI is InChI=1S/C7H10FN3/c1-4(9)6-5(8)3-11-7(6)10-2/h3,9-11H,1-2H3. The van der Waals surface area contributed by atoms with Gasteiger partial charge in [-0.2, -0.15) is 0 Å². The molecule has 0 saturated carbocycles. The molecule has 0 saturated heterocycles. The second-order valence-corrected chi connectivity index (χ2v) is 2.26. The first kappa shape index (κ1) is 7.78.